The Hall–Kier alpha value is -0.900. The number of nitrogens with zero attached hydrogens (tertiary/aromatic N) is 1. The molecule has 4 nitrogen and oxygen atoms in total. The summed E-state index contributed by atoms with van der Waals surface area (Å²) in [6.45, 7) is 4.96. The van der Waals surface area contributed by atoms with E-state index in [1.54, 1.807) is 7.05 Å². The van der Waals surface area contributed by atoms with E-state index in [9.17, 15) is 9.59 Å². The van der Waals surface area contributed by atoms with Gasteiger partial charge in [0, 0.05) is 19.6 Å². The third-order valence-electron chi connectivity index (χ3n) is 4.21. The fraction of sp³-hybridized carbons (Fsp3) is 0.833. The monoisotopic (exact) mass is 224 g/mol. The minimum atomic E-state index is -0.109. The van der Waals surface area contributed by atoms with Crippen molar-refractivity contribution < 1.29 is 9.59 Å². The molecule has 0 radical (unpaired) electrons. The lowest BCUT2D eigenvalue weighted by molar-refractivity contribution is -0.138. The van der Waals surface area contributed by atoms with Crippen molar-refractivity contribution in [3.05, 3.63) is 0 Å². The zero-order chi connectivity index (χ0) is 11.9. The number of carbonyl (C=O) groups excluding carboxylic acids is 2. The van der Waals surface area contributed by atoms with Gasteiger partial charge in [-0.15, -0.1) is 0 Å². The second kappa shape index (κ2) is 4.17. The van der Waals surface area contributed by atoms with E-state index in [4.69, 9.17) is 0 Å². The molecule has 1 N–H and O–H groups in total. The molecule has 16 heavy (non-hydrogen) atoms. The Morgan fingerprint density at radius 2 is 1.94 bits per heavy atom. The van der Waals surface area contributed by atoms with E-state index < -0.39 is 0 Å². The molecule has 0 unspecified atom stereocenters. The molecular weight excluding hydrogens is 204 g/mol. The quantitative estimate of drug-likeness (QED) is 0.715. The van der Waals surface area contributed by atoms with Crippen LogP contribution in [0.15, 0.2) is 0 Å². The summed E-state index contributed by atoms with van der Waals surface area (Å²) in [5.41, 5.74) is 0. The molecule has 0 spiro atoms. The molecule has 4 heteroatoms. The first kappa shape index (κ1) is 11.6. The molecule has 2 saturated heterocycles. The van der Waals surface area contributed by atoms with Gasteiger partial charge in [0.25, 0.3) is 0 Å². The topological polar surface area (TPSA) is 49.4 Å². The van der Waals surface area contributed by atoms with Gasteiger partial charge in [-0.05, 0) is 5.92 Å². The molecule has 2 amide bonds. The highest BCUT2D eigenvalue weighted by molar-refractivity contribution is 6.05. The normalized spacial score (nSPS) is 34.0. The number of amides is 2. The minimum Gasteiger partial charge on any atom is -0.312 e. The minimum absolute atomic E-state index is 0.00374. The summed E-state index contributed by atoms with van der Waals surface area (Å²) in [6.07, 6.45) is 2.12. The summed E-state index contributed by atoms with van der Waals surface area (Å²) in [5.74, 6) is 0.289. The molecule has 0 saturated carbocycles. The number of hydrogen-bond acceptors (Lipinski definition) is 3. The van der Waals surface area contributed by atoms with Gasteiger partial charge in [0.1, 0.15) is 0 Å². The molecule has 0 aromatic carbocycles. The molecule has 0 bridgehead atoms. The Kier molecular flexibility index (Phi) is 3.02. The summed E-state index contributed by atoms with van der Waals surface area (Å²) in [4.78, 5) is 25.1. The van der Waals surface area contributed by atoms with Crippen LogP contribution in [0.25, 0.3) is 0 Å². The van der Waals surface area contributed by atoms with Gasteiger partial charge < -0.3 is 5.32 Å². The summed E-state index contributed by atoms with van der Waals surface area (Å²) >= 11 is 0. The first-order valence-corrected chi connectivity index (χ1v) is 6.16. The first-order chi connectivity index (χ1) is 7.61. The standard InChI is InChI=1S/C12H20N2O2/c1-4-7(5-2)10-9-8(6-13-10)11(15)14(3)12(9)16/h7-10,13H,4-6H2,1-3H3/t8-,9+,10+/m1/s1. The average Bonchev–Trinajstić information content (AvgIpc) is 2.79. The van der Waals surface area contributed by atoms with Gasteiger partial charge in [-0.2, -0.15) is 0 Å². The van der Waals surface area contributed by atoms with Crippen LogP contribution in [-0.4, -0.2) is 36.3 Å². The Morgan fingerprint density at radius 3 is 2.50 bits per heavy atom. The Bertz CT molecular complexity index is 312. The number of likely N-dealkylation sites (tertiary alicyclic amines) is 1. The van der Waals surface area contributed by atoms with E-state index in [0.717, 1.165) is 12.8 Å². The lowest BCUT2D eigenvalue weighted by Crippen LogP contribution is -2.40. The van der Waals surface area contributed by atoms with Crippen LogP contribution in [0.2, 0.25) is 0 Å². The molecule has 2 aliphatic rings. The fourth-order valence-electron chi connectivity index (χ4n) is 3.17. The smallest absolute Gasteiger partial charge is 0.234 e. The molecule has 2 fully saturated rings. The SMILES string of the molecule is CCC(CC)[C@@H]1NC[C@H]2C(=O)N(C)C(=O)[C@@H]21. The second-order valence-corrected chi connectivity index (χ2v) is 4.88. The predicted molar refractivity (Wildman–Crippen MR) is 60.6 cm³/mol. The van der Waals surface area contributed by atoms with Crippen molar-refractivity contribution in [3.63, 3.8) is 0 Å². The van der Waals surface area contributed by atoms with E-state index in [1.165, 1.54) is 4.90 Å². The first-order valence-electron chi connectivity index (χ1n) is 6.16. The molecule has 2 rings (SSSR count). The van der Waals surface area contributed by atoms with Crippen LogP contribution in [0.1, 0.15) is 26.7 Å². The number of rotatable bonds is 3. The zero-order valence-electron chi connectivity index (χ0n) is 10.2. The van der Waals surface area contributed by atoms with Crippen molar-refractivity contribution in [1.82, 2.24) is 10.2 Å². The predicted octanol–water partition coefficient (Wildman–Crippen LogP) is 0.625. The Labute approximate surface area is 96.4 Å². The largest absolute Gasteiger partial charge is 0.312 e. The van der Waals surface area contributed by atoms with E-state index >= 15 is 0 Å². The van der Waals surface area contributed by atoms with Crippen molar-refractivity contribution in [2.75, 3.05) is 13.6 Å². The van der Waals surface area contributed by atoms with Crippen LogP contribution in [-0.2, 0) is 9.59 Å². The molecule has 2 aliphatic heterocycles. The van der Waals surface area contributed by atoms with Crippen LogP contribution in [0, 0.1) is 17.8 Å². The van der Waals surface area contributed by atoms with Crippen LogP contribution in [0.3, 0.4) is 0 Å². The van der Waals surface area contributed by atoms with E-state index in [0.29, 0.717) is 12.5 Å². The van der Waals surface area contributed by atoms with Crippen molar-refractivity contribution in [3.8, 4) is 0 Å². The molecule has 0 aliphatic carbocycles. The third kappa shape index (κ3) is 1.47. The van der Waals surface area contributed by atoms with Gasteiger partial charge in [-0.1, -0.05) is 26.7 Å². The molecule has 90 valence electrons. The zero-order valence-corrected chi connectivity index (χ0v) is 10.2. The highest BCUT2D eigenvalue weighted by Crippen LogP contribution is 2.36. The lowest BCUT2D eigenvalue weighted by Gasteiger charge is -2.25. The number of imide groups is 1. The van der Waals surface area contributed by atoms with Gasteiger partial charge in [-0.25, -0.2) is 0 Å². The number of carbonyl (C=O) groups is 2. The van der Waals surface area contributed by atoms with Crippen LogP contribution in [0.5, 0.6) is 0 Å². The molecule has 3 atom stereocenters. The van der Waals surface area contributed by atoms with Crippen molar-refractivity contribution in [2.45, 2.75) is 32.7 Å². The van der Waals surface area contributed by atoms with Gasteiger partial charge >= 0.3 is 0 Å². The summed E-state index contributed by atoms with van der Waals surface area (Å²) < 4.78 is 0. The Balaban J connectivity index is 2.21. The van der Waals surface area contributed by atoms with Gasteiger partial charge in [0.05, 0.1) is 11.8 Å². The van der Waals surface area contributed by atoms with Gasteiger partial charge in [0.2, 0.25) is 11.8 Å². The van der Waals surface area contributed by atoms with Crippen LogP contribution < -0.4 is 5.32 Å². The molecular formula is C12H20N2O2. The van der Waals surface area contributed by atoms with Crippen molar-refractivity contribution in [1.29, 1.82) is 0 Å². The molecule has 0 aromatic heterocycles. The van der Waals surface area contributed by atoms with E-state index in [2.05, 4.69) is 19.2 Å². The average molecular weight is 224 g/mol. The van der Waals surface area contributed by atoms with E-state index in [-0.39, 0.29) is 29.7 Å². The molecule has 0 aromatic rings. The number of nitrogens with one attached hydrogen (secondary N) is 1. The van der Waals surface area contributed by atoms with Crippen LogP contribution in [0.4, 0.5) is 0 Å². The summed E-state index contributed by atoms with van der Waals surface area (Å²) in [5, 5.41) is 3.37. The van der Waals surface area contributed by atoms with Gasteiger partial charge in [-0.3, -0.25) is 14.5 Å². The van der Waals surface area contributed by atoms with Crippen molar-refractivity contribution >= 4 is 11.8 Å². The number of hydrogen-bond donors (Lipinski definition) is 1. The lowest BCUT2D eigenvalue weighted by atomic mass is 9.83. The maximum atomic E-state index is 12.0. The highest BCUT2D eigenvalue weighted by Gasteiger charge is 2.54. The van der Waals surface area contributed by atoms with E-state index in [1.807, 2.05) is 0 Å². The van der Waals surface area contributed by atoms with Crippen LogP contribution >= 0.6 is 0 Å². The fourth-order valence-corrected chi connectivity index (χ4v) is 3.17. The van der Waals surface area contributed by atoms with Crippen molar-refractivity contribution in [2.24, 2.45) is 17.8 Å². The second-order valence-electron chi connectivity index (χ2n) is 4.88. The van der Waals surface area contributed by atoms with Gasteiger partial charge in [0.15, 0.2) is 0 Å². The molecule has 2 heterocycles. The maximum Gasteiger partial charge on any atom is 0.234 e. The summed E-state index contributed by atoms with van der Waals surface area (Å²) in [7, 11) is 1.60. The maximum absolute atomic E-state index is 12.0. The highest BCUT2D eigenvalue weighted by atomic mass is 16.2. The number of fused-ring (bicyclic) bond motifs is 1. The Morgan fingerprint density at radius 1 is 1.31 bits per heavy atom. The third-order valence-corrected chi connectivity index (χ3v) is 4.21. The summed E-state index contributed by atoms with van der Waals surface area (Å²) in [6, 6.07) is 0.196.